The Morgan fingerprint density at radius 1 is 0.588 bits per heavy atom. The van der Waals surface area contributed by atoms with Gasteiger partial charge in [-0.2, -0.15) is 0 Å². The maximum Gasteiger partial charge on any atom is 1.00 e. The monoisotopic (exact) mass is 428 g/mol. The van der Waals surface area contributed by atoms with E-state index in [0.29, 0.717) is 12.8 Å². The number of aliphatic carboxylic acids is 2. The number of carbonyl (C=O) groups is 2. The van der Waals surface area contributed by atoms with E-state index in [1.54, 1.807) is 0 Å². The fourth-order valence-corrected chi connectivity index (χ4v) is 1.42. The van der Waals surface area contributed by atoms with Gasteiger partial charge >= 0.3 is 44.8 Å². The summed E-state index contributed by atoms with van der Waals surface area (Å²) in [6, 6.07) is 0. The Bertz CT molecular complexity index is 178. The summed E-state index contributed by atoms with van der Waals surface area (Å²) >= 11 is 0. The van der Waals surface area contributed by atoms with E-state index in [1.165, 1.54) is 0 Å². The molecule has 0 aromatic rings. The van der Waals surface area contributed by atoms with Crippen LogP contribution in [0.3, 0.4) is 0 Å². The fourth-order valence-electron chi connectivity index (χ4n) is 1.42. The van der Waals surface area contributed by atoms with Crippen molar-refractivity contribution in [1.82, 2.24) is 0 Å². The molecule has 0 fully saturated rings. The fraction of sp³-hybridized carbons (Fsp3) is 0.818. The van der Waals surface area contributed by atoms with Crippen molar-refractivity contribution in [3.05, 3.63) is 0 Å². The van der Waals surface area contributed by atoms with Crippen LogP contribution in [0.4, 0.5) is 0 Å². The molecule has 0 unspecified atom stereocenters. The maximum absolute atomic E-state index is 10.1. The van der Waals surface area contributed by atoms with Crippen LogP contribution in [0, 0.1) is 0 Å². The Kier molecular flexibility index (Phi) is 21.8. The molecular weight excluding hydrogens is 412 g/mol. The molecule has 0 aromatic carbocycles. The van der Waals surface area contributed by atoms with Gasteiger partial charge in [-0.25, -0.2) is 0 Å². The van der Waals surface area contributed by atoms with Crippen molar-refractivity contribution in [3.63, 3.8) is 0 Å². The van der Waals surface area contributed by atoms with Crippen LogP contribution in [-0.2, 0) is 54.3 Å². The van der Waals surface area contributed by atoms with Gasteiger partial charge in [-0.15, -0.1) is 0 Å². The second-order valence-corrected chi connectivity index (χ2v) is 3.72. The molecule has 6 heteroatoms. The van der Waals surface area contributed by atoms with Crippen molar-refractivity contribution in [2.75, 3.05) is 0 Å². The topological polar surface area (TPSA) is 80.3 Å². The number of carboxylic acids is 2. The van der Waals surface area contributed by atoms with Gasteiger partial charge in [0.25, 0.3) is 0 Å². The standard InChI is InChI=1S/C11H20O4.2Ag/c12-10(13)8-6-4-2-1-3-5-7-9-11(14)15;;/h1-9H2,(H,12,13)(H,14,15);;/q;2*+1/p-2. The van der Waals surface area contributed by atoms with Crippen molar-refractivity contribution in [2.24, 2.45) is 0 Å². The van der Waals surface area contributed by atoms with Crippen LogP contribution in [-0.4, -0.2) is 11.9 Å². The second-order valence-electron chi connectivity index (χ2n) is 3.72. The van der Waals surface area contributed by atoms with Crippen LogP contribution in [0.5, 0.6) is 0 Å². The molecule has 0 rings (SSSR count). The third kappa shape index (κ3) is 22.1. The van der Waals surface area contributed by atoms with E-state index in [4.69, 9.17) is 0 Å². The number of hydrogen-bond acceptors (Lipinski definition) is 4. The molecule has 0 saturated heterocycles. The maximum atomic E-state index is 10.1. The van der Waals surface area contributed by atoms with E-state index in [-0.39, 0.29) is 57.6 Å². The largest absolute Gasteiger partial charge is 1.00 e. The first kappa shape index (κ1) is 22.6. The van der Waals surface area contributed by atoms with Crippen LogP contribution in [0.15, 0.2) is 0 Å². The van der Waals surface area contributed by atoms with E-state index >= 15 is 0 Å². The molecule has 0 N–H and O–H groups in total. The van der Waals surface area contributed by atoms with E-state index in [9.17, 15) is 19.8 Å². The second kappa shape index (κ2) is 16.4. The summed E-state index contributed by atoms with van der Waals surface area (Å²) in [4.78, 5) is 20.1. The van der Waals surface area contributed by atoms with Gasteiger partial charge in [0.05, 0.1) is 0 Å². The first-order valence-corrected chi connectivity index (χ1v) is 5.52. The number of rotatable bonds is 10. The minimum Gasteiger partial charge on any atom is -0.550 e. The minimum absolute atomic E-state index is 0. The molecule has 0 aromatic heterocycles. The normalized spacial score (nSPS) is 8.94. The van der Waals surface area contributed by atoms with Crippen LogP contribution in [0.1, 0.15) is 57.8 Å². The molecular formula is C11H18Ag2O4. The molecule has 0 aliphatic heterocycles. The van der Waals surface area contributed by atoms with Gasteiger partial charge in [-0.05, 0) is 25.7 Å². The molecule has 17 heavy (non-hydrogen) atoms. The SMILES string of the molecule is O=C([O-])CCCCCCCCCC(=O)[O-].[Ag+].[Ag+]. The molecule has 0 saturated carbocycles. The molecule has 0 aliphatic carbocycles. The van der Waals surface area contributed by atoms with E-state index < -0.39 is 11.9 Å². The Hall–Kier alpha value is 0.421. The Morgan fingerprint density at radius 2 is 0.824 bits per heavy atom. The van der Waals surface area contributed by atoms with Crippen molar-refractivity contribution < 1.29 is 64.6 Å². The van der Waals surface area contributed by atoms with Gasteiger partial charge in [0, 0.05) is 11.9 Å². The zero-order chi connectivity index (χ0) is 11.5. The first-order chi connectivity index (χ1) is 7.13. The number of carbonyl (C=O) groups excluding carboxylic acids is 2. The van der Waals surface area contributed by atoms with E-state index in [0.717, 1.165) is 32.1 Å². The Labute approximate surface area is 134 Å². The predicted octanol–water partition coefficient (Wildman–Crippen LogP) is -0.00790. The zero-order valence-electron chi connectivity index (χ0n) is 9.60. The third-order valence-electron chi connectivity index (χ3n) is 2.26. The van der Waals surface area contributed by atoms with Crippen molar-refractivity contribution in [3.8, 4) is 0 Å². The summed E-state index contributed by atoms with van der Waals surface area (Å²) in [6.07, 6.45) is 6.54. The molecule has 0 heterocycles. The van der Waals surface area contributed by atoms with Gasteiger partial charge < -0.3 is 19.8 Å². The number of unbranched alkanes of at least 4 members (excludes halogenated alkanes) is 6. The van der Waals surface area contributed by atoms with Crippen molar-refractivity contribution in [1.29, 1.82) is 0 Å². The molecule has 0 amide bonds. The van der Waals surface area contributed by atoms with Gasteiger partial charge in [0.1, 0.15) is 0 Å². The van der Waals surface area contributed by atoms with Crippen LogP contribution >= 0.6 is 0 Å². The quantitative estimate of drug-likeness (QED) is 0.361. The molecule has 0 bridgehead atoms. The van der Waals surface area contributed by atoms with Gasteiger partial charge in [0.15, 0.2) is 0 Å². The summed E-state index contributed by atoms with van der Waals surface area (Å²) in [6.45, 7) is 0. The number of hydrogen-bond donors (Lipinski definition) is 0. The van der Waals surface area contributed by atoms with Crippen LogP contribution in [0.25, 0.3) is 0 Å². The number of carboxylic acid groups (broad SMARTS) is 2. The first-order valence-electron chi connectivity index (χ1n) is 5.52. The van der Waals surface area contributed by atoms with Gasteiger partial charge in [-0.3, -0.25) is 0 Å². The van der Waals surface area contributed by atoms with Crippen LogP contribution < -0.4 is 10.2 Å². The van der Waals surface area contributed by atoms with Gasteiger partial charge in [-0.1, -0.05) is 32.1 Å². The molecule has 108 valence electrons. The molecule has 4 nitrogen and oxygen atoms in total. The molecule has 0 atom stereocenters. The molecule has 0 spiro atoms. The average molecular weight is 430 g/mol. The predicted molar refractivity (Wildman–Crippen MR) is 51.6 cm³/mol. The molecule has 0 radical (unpaired) electrons. The summed E-state index contributed by atoms with van der Waals surface area (Å²) in [7, 11) is 0. The zero-order valence-corrected chi connectivity index (χ0v) is 12.6. The summed E-state index contributed by atoms with van der Waals surface area (Å²) in [5.41, 5.74) is 0. The smallest absolute Gasteiger partial charge is 0.550 e. The van der Waals surface area contributed by atoms with E-state index in [2.05, 4.69) is 0 Å². The van der Waals surface area contributed by atoms with Gasteiger partial charge in [0.2, 0.25) is 0 Å². The minimum atomic E-state index is -0.982. The molecule has 0 aliphatic rings. The van der Waals surface area contributed by atoms with Crippen molar-refractivity contribution in [2.45, 2.75) is 57.8 Å². The summed E-state index contributed by atoms with van der Waals surface area (Å²) in [5.74, 6) is -1.96. The van der Waals surface area contributed by atoms with Crippen LogP contribution in [0.2, 0.25) is 0 Å². The van der Waals surface area contributed by atoms with Crippen molar-refractivity contribution >= 4 is 11.9 Å². The average Bonchev–Trinajstić information content (AvgIpc) is 2.14. The summed E-state index contributed by atoms with van der Waals surface area (Å²) < 4.78 is 0. The van der Waals surface area contributed by atoms with E-state index in [1.807, 2.05) is 0 Å². The summed E-state index contributed by atoms with van der Waals surface area (Å²) in [5, 5.41) is 20.1. The third-order valence-corrected chi connectivity index (χ3v) is 2.26. The Balaban J connectivity index is -0.000000980. The Morgan fingerprint density at radius 3 is 1.06 bits per heavy atom.